The van der Waals surface area contributed by atoms with Gasteiger partial charge < -0.3 is 15.0 Å². The Balaban J connectivity index is 1.41. The molecule has 0 unspecified atom stereocenters. The second kappa shape index (κ2) is 9.85. The van der Waals surface area contributed by atoms with Crippen molar-refractivity contribution in [2.45, 2.75) is 6.92 Å². The predicted octanol–water partition coefficient (Wildman–Crippen LogP) is 5.73. The highest BCUT2D eigenvalue weighted by atomic mass is 35.5. The highest BCUT2D eigenvalue weighted by Gasteiger charge is 2.09. The summed E-state index contributed by atoms with van der Waals surface area (Å²) in [6.07, 6.45) is 3.13. The van der Waals surface area contributed by atoms with E-state index in [4.69, 9.17) is 28.6 Å². The van der Waals surface area contributed by atoms with E-state index in [2.05, 4.69) is 20.6 Å². The lowest BCUT2D eigenvalue weighted by Crippen LogP contribution is -2.32. The highest BCUT2D eigenvalue weighted by Crippen LogP contribution is 2.26. The van der Waals surface area contributed by atoms with Gasteiger partial charge in [-0.15, -0.1) is 0 Å². The number of hydrogen-bond acceptors (Lipinski definition) is 4. The van der Waals surface area contributed by atoms with Crippen LogP contribution in [0.5, 0.6) is 5.75 Å². The van der Waals surface area contributed by atoms with Crippen LogP contribution in [0.1, 0.15) is 11.1 Å². The minimum absolute atomic E-state index is 0.198. The normalized spacial score (nSPS) is 11.0. The quantitative estimate of drug-likeness (QED) is 0.253. The highest BCUT2D eigenvalue weighted by molar-refractivity contribution is 7.80. The molecule has 0 radical (unpaired) electrons. The first-order valence-corrected chi connectivity index (χ1v) is 10.9. The number of nitrogens with one attached hydrogen (secondary N) is 3. The van der Waals surface area contributed by atoms with E-state index in [0.717, 1.165) is 39.2 Å². The third-order valence-corrected chi connectivity index (χ3v) is 5.55. The lowest BCUT2D eigenvalue weighted by molar-refractivity contribution is -0.115. The predicted molar refractivity (Wildman–Crippen MR) is 138 cm³/mol. The number of aromatic nitrogens is 2. The number of hydrogen-bond donors (Lipinski definition) is 3. The average Bonchev–Trinajstić information content (AvgIpc) is 3.21. The van der Waals surface area contributed by atoms with Crippen molar-refractivity contribution in [2.24, 2.45) is 0 Å². The Morgan fingerprint density at radius 2 is 1.94 bits per heavy atom. The van der Waals surface area contributed by atoms with E-state index in [1.807, 2.05) is 67.6 Å². The molecule has 8 heteroatoms. The Morgan fingerprint density at radius 1 is 1.15 bits per heavy atom. The summed E-state index contributed by atoms with van der Waals surface area (Å²) in [6.45, 7) is 1.95. The number of H-pyrrole nitrogens is 1. The zero-order valence-electron chi connectivity index (χ0n) is 18.0. The Morgan fingerprint density at radius 3 is 2.70 bits per heavy atom. The lowest BCUT2D eigenvalue weighted by Gasteiger charge is -2.09. The molecule has 1 aromatic heterocycles. The first-order valence-electron chi connectivity index (χ1n) is 10.1. The van der Waals surface area contributed by atoms with Crippen LogP contribution < -0.4 is 15.4 Å². The second-order valence-electron chi connectivity index (χ2n) is 7.33. The van der Waals surface area contributed by atoms with Crippen LogP contribution >= 0.6 is 23.8 Å². The molecule has 33 heavy (non-hydrogen) atoms. The van der Waals surface area contributed by atoms with Gasteiger partial charge in [-0.25, -0.2) is 4.98 Å². The van der Waals surface area contributed by atoms with Crippen LogP contribution in [-0.4, -0.2) is 28.1 Å². The number of amides is 1. The van der Waals surface area contributed by atoms with E-state index in [1.165, 1.54) is 6.08 Å². The maximum absolute atomic E-state index is 12.2. The molecule has 0 saturated heterocycles. The van der Waals surface area contributed by atoms with Crippen molar-refractivity contribution in [1.82, 2.24) is 15.3 Å². The molecule has 0 atom stereocenters. The molecule has 0 aliphatic heterocycles. The SMILES string of the molecule is COc1ccc(/C=C/C(=O)NC(=S)Nc2cccc(-c3nc4cc(Cl)c(C)cc4[nH]3)c2)cc1. The number of fused-ring (bicyclic) bond motifs is 1. The standard InChI is InChI=1S/C25H21ClN4O2S/c1-15-12-21-22(14-20(15)26)29-24(28-21)17-4-3-5-18(13-17)27-25(33)30-23(31)11-8-16-6-9-19(32-2)10-7-16/h3-14H,1-2H3,(H,28,29)(H2,27,30,31,33)/b11-8+. The molecule has 166 valence electrons. The minimum atomic E-state index is -0.330. The first kappa shape index (κ1) is 22.5. The molecule has 0 bridgehead atoms. The summed E-state index contributed by atoms with van der Waals surface area (Å²) >= 11 is 11.5. The van der Waals surface area contributed by atoms with Crippen molar-refractivity contribution in [2.75, 3.05) is 12.4 Å². The van der Waals surface area contributed by atoms with Gasteiger partial charge in [0.05, 0.1) is 18.1 Å². The van der Waals surface area contributed by atoms with E-state index < -0.39 is 0 Å². The van der Waals surface area contributed by atoms with Gasteiger partial charge in [0.1, 0.15) is 11.6 Å². The number of methoxy groups -OCH3 is 1. The molecule has 4 aromatic rings. The fourth-order valence-electron chi connectivity index (χ4n) is 3.22. The van der Waals surface area contributed by atoms with Gasteiger partial charge in [0.25, 0.3) is 0 Å². The average molecular weight is 477 g/mol. The third-order valence-electron chi connectivity index (χ3n) is 4.94. The summed E-state index contributed by atoms with van der Waals surface area (Å²) in [7, 11) is 1.61. The Kier molecular flexibility index (Phi) is 6.72. The monoisotopic (exact) mass is 476 g/mol. The molecular weight excluding hydrogens is 456 g/mol. The number of nitrogens with zero attached hydrogens (tertiary/aromatic N) is 1. The van der Waals surface area contributed by atoms with Gasteiger partial charge in [-0.3, -0.25) is 10.1 Å². The van der Waals surface area contributed by atoms with E-state index in [-0.39, 0.29) is 11.0 Å². The molecule has 3 aromatic carbocycles. The molecule has 0 aliphatic rings. The second-order valence-corrected chi connectivity index (χ2v) is 8.15. The fourth-order valence-corrected chi connectivity index (χ4v) is 3.60. The molecule has 1 heterocycles. The van der Waals surface area contributed by atoms with Crippen LogP contribution in [0.3, 0.4) is 0 Å². The van der Waals surface area contributed by atoms with Gasteiger partial charge in [-0.1, -0.05) is 35.9 Å². The number of anilines is 1. The maximum Gasteiger partial charge on any atom is 0.250 e. The number of halogens is 1. The van der Waals surface area contributed by atoms with Crippen LogP contribution in [0.4, 0.5) is 5.69 Å². The maximum atomic E-state index is 12.2. The van der Waals surface area contributed by atoms with Gasteiger partial charge in [0.2, 0.25) is 5.91 Å². The number of imidazole rings is 1. The summed E-state index contributed by atoms with van der Waals surface area (Å²) in [5.74, 6) is 1.14. The van der Waals surface area contributed by atoms with Gasteiger partial charge in [0, 0.05) is 22.3 Å². The molecule has 0 saturated carbocycles. The number of carbonyl (C=O) groups is 1. The molecular formula is C25H21ClN4O2S. The fraction of sp³-hybridized carbons (Fsp3) is 0.0800. The van der Waals surface area contributed by atoms with Gasteiger partial charge in [-0.2, -0.15) is 0 Å². The van der Waals surface area contributed by atoms with Crippen molar-refractivity contribution in [1.29, 1.82) is 0 Å². The molecule has 0 fully saturated rings. The number of benzene rings is 3. The number of rotatable bonds is 5. The van der Waals surface area contributed by atoms with Crippen LogP contribution in [0.25, 0.3) is 28.5 Å². The molecule has 6 nitrogen and oxygen atoms in total. The van der Waals surface area contributed by atoms with Crippen LogP contribution in [0.15, 0.2) is 66.7 Å². The first-order chi connectivity index (χ1) is 15.9. The number of ether oxygens (including phenoxy) is 1. The third kappa shape index (κ3) is 5.58. The zero-order chi connectivity index (χ0) is 23.4. The number of thiocarbonyl (C=S) groups is 1. The van der Waals surface area contributed by atoms with Crippen molar-refractivity contribution >= 4 is 57.6 Å². The molecule has 4 rings (SSSR count). The van der Waals surface area contributed by atoms with Crippen LogP contribution in [0.2, 0.25) is 5.02 Å². The van der Waals surface area contributed by atoms with Gasteiger partial charge in [-0.05, 0) is 72.7 Å². The van der Waals surface area contributed by atoms with Gasteiger partial charge in [0.15, 0.2) is 5.11 Å². The van der Waals surface area contributed by atoms with Crippen molar-refractivity contribution in [3.8, 4) is 17.1 Å². The van der Waals surface area contributed by atoms with Crippen molar-refractivity contribution < 1.29 is 9.53 Å². The molecule has 0 spiro atoms. The summed E-state index contributed by atoms with van der Waals surface area (Å²) in [5, 5.41) is 6.56. The van der Waals surface area contributed by atoms with E-state index in [0.29, 0.717) is 10.8 Å². The van der Waals surface area contributed by atoms with E-state index in [1.54, 1.807) is 13.2 Å². The molecule has 0 aliphatic carbocycles. The Hall–Kier alpha value is -3.68. The Labute approximate surface area is 201 Å². The van der Waals surface area contributed by atoms with Gasteiger partial charge >= 0.3 is 0 Å². The van der Waals surface area contributed by atoms with E-state index in [9.17, 15) is 4.79 Å². The number of aryl methyl sites for hydroxylation is 1. The summed E-state index contributed by atoms with van der Waals surface area (Å²) in [5.41, 5.74) is 5.17. The minimum Gasteiger partial charge on any atom is -0.497 e. The lowest BCUT2D eigenvalue weighted by atomic mass is 10.2. The van der Waals surface area contributed by atoms with Crippen LogP contribution in [-0.2, 0) is 4.79 Å². The summed E-state index contributed by atoms with van der Waals surface area (Å²) < 4.78 is 5.13. The van der Waals surface area contributed by atoms with Crippen LogP contribution in [0, 0.1) is 6.92 Å². The van der Waals surface area contributed by atoms with E-state index >= 15 is 0 Å². The Bertz CT molecular complexity index is 1320. The molecule has 3 N–H and O–H groups in total. The summed E-state index contributed by atoms with van der Waals surface area (Å²) in [4.78, 5) is 20.2. The smallest absolute Gasteiger partial charge is 0.250 e. The van der Waals surface area contributed by atoms with Crippen molar-refractivity contribution in [3.05, 3.63) is 82.9 Å². The zero-order valence-corrected chi connectivity index (χ0v) is 19.6. The number of aromatic amines is 1. The topological polar surface area (TPSA) is 79.0 Å². The largest absolute Gasteiger partial charge is 0.497 e. The number of carbonyl (C=O) groups excluding carboxylic acids is 1. The molecule has 1 amide bonds. The van der Waals surface area contributed by atoms with Crippen molar-refractivity contribution in [3.63, 3.8) is 0 Å². The summed E-state index contributed by atoms with van der Waals surface area (Å²) in [6, 6.07) is 18.8.